The molecule has 0 saturated carbocycles. The number of unbranched alkanes of at least 4 members (excludes halogenated alkanes) is 12. The van der Waals surface area contributed by atoms with Gasteiger partial charge in [0, 0.05) is 26.2 Å². The van der Waals surface area contributed by atoms with Gasteiger partial charge in [-0.25, -0.2) is 0 Å². The molecular weight excluding hydrogens is 527 g/mol. The summed E-state index contributed by atoms with van der Waals surface area (Å²) in [5.74, 6) is 0. The van der Waals surface area contributed by atoms with Gasteiger partial charge in [0.15, 0.2) is 0 Å². The molecule has 2 nitrogen and oxygen atoms in total. The summed E-state index contributed by atoms with van der Waals surface area (Å²) in [4.78, 5) is 4.41. The Kier molecular flexibility index (Phi) is 35.6. The second-order valence-corrected chi connectivity index (χ2v) is 10.8. The van der Waals surface area contributed by atoms with Gasteiger partial charge in [-0.05, 0) is 25.7 Å². The van der Waals surface area contributed by atoms with Gasteiger partial charge in [0.2, 0.25) is 0 Å². The van der Waals surface area contributed by atoms with E-state index in [4.69, 9.17) is 49.7 Å². The zero-order valence-corrected chi connectivity index (χ0v) is 26.2. The predicted molar refractivity (Wildman–Crippen MR) is 160 cm³/mol. The van der Waals surface area contributed by atoms with Crippen molar-refractivity contribution in [3.63, 3.8) is 0 Å². The van der Waals surface area contributed by atoms with Gasteiger partial charge >= 0.3 is 16.5 Å². The van der Waals surface area contributed by atoms with E-state index in [9.17, 15) is 0 Å². The van der Waals surface area contributed by atoms with Gasteiger partial charge in [-0.15, -0.1) is 0 Å². The topological polar surface area (TPSA) is 6.48 Å². The van der Waals surface area contributed by atoms with Crippen LogP contribution in [0.4, 0.5) is 0 Å². The zero-order valence-electron chi connectivity index (χ0n) is 22.0. The van der Waals surface area contributed by atoms with Crippen LogP contribution in [-0.2, 0) is 41.7 Å². The third-order valence-corrected chi connectivity index (χ3v) is 6.68. The van der Waals surface area contributed by atoms with Crippen molar-refractivity contribution in [1.29, 1.82) is 0 Å². The van der Waals surface area contributed by atoms with Crippen LogP contribution in [0.3, 0.4) is 0 Å². The van der Waals surface area contributed by atoms with Gasteiger partial charge in [-0.2, -0.15) is 0 Å². The molecule has 0 amide bonds. The first-order chi connectivity index (χ1) is 15.4. The van der Waals surface area contributed by atoms with Crippen LogP contribution in [-0.4, -0.2) is 44.6 Å². The van der Waals surface area contributed by atoms with Gasteiger partial charge in [0.25, 0.3) is 0 Å². The molecule has 0 aromatic heterocycles. The summed E-state index contributed by atoms with van der Waals surface area (Å²) in [6.45, 7) is 13.2. The van der Waals surface area contributed by atoms with Crippen LogP contribution in [0.15, 0.2) is 0 Å². The number of hydrogen-bond acceptors (Lipinski definition) is 4. The summed E-state index contributed by atoms with van der Waals surface area (Å²) in [7, 11) is 0. The summed E-state index contributed by atoms with van der Waals surface area (Å²) in [5, 5.41) is 0. The molecule has 0 aromatic carbocycles. The smallest absolute Gasteiger partial charge is 0.411 e. The molecule has 0 aliphatic carbocycles. The Balaban J connectivity index is -0.000000529. The molecule has 0 atom stereocenters. The Bertz CT molecular complexity index is 363. The molecule has 0 unspecified atom stereocenters. The van der Waals surface area contributed by atoms with E-state index in [1.165, 1.54) is 103 Å². The van der Waals surface area contributed by atoms with Gasteiger partial charge < -0.3 is 59.5 Å². The maximum absolute atomic E-state index is 5.11. The first kappa shape index (κ1) is 38.2. The first-order valence-electron chi connectivity index (χ1n) is 13.4. The Morgan fingerprint density at radius 3 is 0.818 bits per heavy atom. The minimum atomic E-state index is 0. The molecule has 0 fully saturated rings. The molecule has 7 heteroatoms. The quantitative estimate of drug-likeness (QED) is 0.0613. The molecule has 0 heterocycles. The van der Waals surface area contributed by atoms with Crippen molar-refractivity contribution in [2.45, 2.75) is 130 Å². The molecule has 0 spiro atoms. The molecule has 0 aromatic rings. The second kappa shape index (κ2) is 30.7. The molecule has 33 heavy (non-hydrogen) atoms. The van der Waals surface area contributed by atoms with E-state index in [1.807, 2.05) is 0 Å². The van der Waals surface area contributed by atoms with Crippen LogP contribution in [0.2, 0.25) is 0 Å². The minimum absolute atomic E-state index is 0. The molecule has 0 aliphatic rings. The van der Waals surface area contributed by atoms with Crippen LogP contribution in [0.1, 0.15) is 130 Å². The fourth-order valence-electron chi connectivity index (χ4n) is 3.51. The van der Waals surface area contributed by atoms with E-state index in [1.54, 1.807) is 0 Å². The summed E-state index contributed by atoms with van der Waals surface area (Å²) < 4.78 is 1.32. The maximum Gasteiger partial charge on any atom is 2.00 e. The van der Waals surface area contributed by atoms with Crippen LogP contribution < -0.4 is 0 Å². The van der Waals surface area contributed by atoms with E-state index in [0.29, 0.717) is 8.64 Å². The molecule has 0 radical (unpaired) electrons. The number of hydrogen-bond donors (Lipinski definition) is 0. The van der Waals surface area contributed by atoms with Crippen molar-refractivity contribution in [3.8, 4) is 0 Å². The average molecular weight is 580 g/mol. The summed E-state index contributed by atoms with van der Waals surface area (Å²) in [6.07, 6.45) is 20.6. The van der Waals surface area contributed by atoms with Gasteiger partial charge in [-0.3, -0.25) is 0 Å². The molecule has 200 valence electrons. The molecule has 0 bridgehead atoms. The number of thiocarbonyl (C=S) groups is 2. The normalized spacial score (nSPS) is 10.1. The standard InChI is InChI=1S/2C13H27NS2.Ni/c2*1-3-5-7-9-11-14(13(15)16)12-10-8-6-4-2;/h2*3-12H2,1-2H3,(H,15,16);/q;;+2/p-2. The summed E-state index contributed by atoms with van der Waals surface area (Å²) in [6, 6.07) is 0. The Morgan fingerprint density at radius 1 is 0.455 bits per heavy atom. The summed E-state index contributed by atoms with van der Waals surface area (Å²) in [5.41, 5.74) is 0. The second-order valence-electron chi connectivity index (χ2n) is 8.75. The van der Waals surface area contributed by atoms with E-state index in [-0.39, 0.29) is 16.5 Å². The minimum Gasteiger partial charge on any atom is -0.411 e. The largest absolute Gasteiger partial charge is 2.00 e. The maximum atomic E-state index is 5.11. The third-order valence-electron chi connectivity index (χ3n) is 5.64. The van der Waals surface area contributed by atoms with Gasteiger partial charge in [-0.1, -0.05) is 113 Å². The van der Waals surface area contributed by atoms with Crippen LogP contribution in [0.5, 0.6) is 0 Å². The van der Waals surface area contributed by atoms with Gasteiger partial charge in [0.1, 0.15) is 0 Å². The van der Waals surface area contributed by atoms with Crippen LogP contribution in [0, 0.1) is 0 Å². The van der Waals surface area contributed by atoms with Crippen molar-refractivity contribution >= 4 is 58.3 Å². The zero-order chi connectivity index (χ0) is 24.5. The first-order valence-corrected chi connectivity index (χ1v) is 15.0. The van der Waals surface area contributed by atoms with E-state index in [0.717, 1.165) is 26.2 Å². The van der Waals surface area contributed by atoms with Crippen molar-refractivity contribution in [1.82, 2.24) is 9.80 Å². The number of nitrogens with zero attached hydrogens (tertiary/aromatic N) is 2. The molecule has 0 saturated heterocycles. The monoisotopic (exact) mass is 578 g/mol. The van der Waals surface area contributed by atoms with Crippen LogP contribution in [0.25, 0.3) is 0 Å². The third kappa shape index (κ3) is 28.8. The van der Waals surface area contributed by atoms with Crippen molar-refractivity contribution in [3.05, 3.63) is 0 Å². The number of rotatable bonds is 20. The SMILES string of the molecule is CCCCCCN(CCCCCC)C(=S)[S-].CCCCCCN(CCCCCC)C(=S)[S-].[Ni+2]. The molecular formula is C26H52N2NiS4. The van der Waals surface area contributed by atoms with Gasteiger partial charge in [0.05, 0.1) is 0 Å². The van der Waals surface area contributed by atoms with E-state index < -0.39 is 0 Å². The van der Waals surface area contributed by atoms with E-state index in [2.05, 4.69) is 37.5 Å². The fraction of sp³-hybridized carbons (Fsp3) is 0.923. The van der Waals surface area contributed by atoms with Crippen molar-refractivity contribution < 1.29 is 16.5 Å². The molecule has 0 aliphatic heterocycles. The van der Waals surface area contributed by atoms with Crippen LogP contribution >= 0.6 is 24.4 Å². The average Bonchev–Trinajstić information content (AvgIpc) is 2.77. The predicted octanol–water partition coefficient (Wildman–Crippen LogP) is 8.56. The molecule has 0 N–H and O–H groups in total. The van der Waals surface area contributed by atoms with Crippen molar-refractivity contribution in [2.75, 3.05) is 26.2 Å². The molecule has 0 rings (SSSR count). The Labute approximate surface area is 239 Å². The fourth-order valence-corrected chi connectivity index (χ4v) is 4.24. The van der Waals surface area contributed by atoms with Crippen molar-refractivity contribution in [2.24, 2.45) is 0 Å². The summed E-state index contributed by atoms with van der Waals surface area (Å²) >= 11 is 20.5. The Hall–Kier alpha value is 0.714. The Morgan fingerprint density at radius 2 is 0.667 bits per heavy atom. The van der Waals surface area contributed by atoms with E-state index >= 15 is 0 Å².